The van der Waals surface area contributed by atoms with Crippen molar-refractivity contribution in [2.24, 2.45) is 0 Å². The van der Waals surface area contributed by atoms with E-state index in [1.54, 1.807) is 0 Å². The highest BCUT2D eigenvalue weighted by Crippen LogP contribution is 2.27. The number of aromatic nitrogens is 1. The van der Waals surface area contributed by atoms with Crippen molar-refractivity contribution in [3.63, 3.8) is 0 Å². The van der Waals surface area contributed by atoms with E-state index >= 15 is 0 Å². The Kier molecular flexibility index (Phi) is 3.28. The highest BCUT2D eigenvalue weighted by atomic mass is 19.4. The third-order valence-electron chi connectivity index (χ3n) is 2.28. The lowest BCUT2D eigenvalue weighted by Crippen LogP contribution is -2.14. The summed E-state index contributed by atoms with van der Waals surface area (Å²) >= 11 is 0. The lowest BCUT2D eigenvalue weighted by atomic mass is 10.3. The molecule has 1 N–H and O–H groups in total. The van der Waals surface area contributed by atoms with Crippen LogP contribution in [0.3, 0.4) is 0 Å². The maximum atomic E-state index is 12.0. The van der Waals surface area contributed by atoms with Crippen molar-refractivity contribution in [2.75, 3.05) is 11.9 Å². The Bertz CT molecular complexity index is 609. The maximum absolute atomic E-state index is 12.0. The molecule has 1 aromatic carbocycles. The van der Waals surface area contributed by atoms with Gasteiger partial charge in [0, 0.05) is 12.6 Å². The van der Waals surface area contributed by atoms with E-state index in [2.05, 4.69) is 10.3 Å². The molecule has 0 amide bonds. The fourth-order valence-corrected chi connectivity index (χ4v) is 1.47. The van der Waals surface area contributed by atoms with Crippen molar-refractivity contribution in [2.45, 2.75) is 12.6 Å². The first-order chi connectivity index (χ1) is 8.87. The van der Waals surface area contributed by atoms with Crippen molar-refractivity contribution >= 4 is 22.8 Å². The van der Waals surface area contributed by atoms with Gasteiger partial charge in [-0.05, 0) is 6.07 Å². The van der Waals surface area contributed by atoms with Crippen LogP contribution < -0.4 is 5.32 Å². The number of fused-ring (bicyclic) bond motifs is 1. The number of hydrogen-bond donors (Lipinski definition) is 1. The van der Waals surface area contributed by atoms with Crippen LogP contribution >= 0.6 is 0 Å². The number of hydrogen-bond acceptors (Lipinski definition) is 5. The molecule has 9 heteroatoms. The van der Waals surface area contributed by atoms with Crippen LogP contribution in [0.15, 0.2) is 22.6 Å². The van der Waals surface area contributed by atoms with Gasteiger partial charge >= 0.3 is 6.18 Å². The number of halogens is 3. The quantitative estimate of drug-likeness (QED) is 0.684. The third-order valence-corrected chi connectivity index (χ3v) is 2.28. The van der Waals surface area contributed by atoms with E-state index < -0.39 is 24.1 Å². The molecule has 1 aromatic heterocycles. The van der Waals surface area contributed by atoms with Crippen molar-refractivity contribution in [3.05, 3.63) is 28.3 Å². The molecule has 0 aliphatic heterocycles. The lowest BCUT2D eigenvalue weighted by molar-refractivity contribution is -0.383. The van der Waals surface area contributed by atoms with E-state index in [0.29, 0.717) is 0 Å². The van der Waals surface area contributed by atoms with Crippen molar-refractivity contribution in [3.8, 4) is 0 Å². The molecule has 1 heterocycles. The molecule has 6 nitrogen and oxygen atoms in total. The van der Waals surface area contributed by atoms with Gasteiger partial charge in [0.15, 0.2) is 11.1 Å². The van der Waals surface area contributed by atoms with Gasteiger partial charge in [-0.2, -0.15) is 18.2 Å². The summed E-state index contributed by atoms with van der Waals surface area (Å²) < 4.78 is 40.9. The fraction of sp³-hybridized carbons (Fsp3) is 0.300. The molecular weight excluding hydrogens is 267 g/mol. The number of para-hydroxylation sites is 1. The summed E-state index contributed by atoms with van der Waals surface area (Å²) in [4.78, 5) is 13.9. The van der Waals surface area contributed by atoms with E-state index in [0.717, 1.165) is 0 Å². The number of nitrogens with one attached hydrogen (secondary N) is 1. The van der Waals surface area contributed by atoms with Crippen LogP contribution in [0.2, 0.25) is 0 Å². The molecule has 0 atom stereocenters. The molecule has 0 aliphatic carbocycles. The Balaban J connectivity index is 2.18. The molecule has 0 unspecified atom stereocenters. The van der Waals surface area contributed by atoms with Gasteiger partial charge in [0.25, 0.3) is 11.7 Å². The van der Waals surface area contributed by atoms with Gasteiger partial charge in [-0.1, -0.05) is 6.07 Å². The summed E-state index contributed by atoms with van der Waals surface area (Å²) in [6.07, 6.45) is -5.33. The Hall–Kier alpha value is -2.32. The van der Waals surface area contributed by atoms with Crippen LogP contribution in [-0.4, -0.2) is 22.6 Å². The Morgan fingerprint density at radius 2 is 2.16 bits per heavy atom. The normalized spacial score (nSPS) is 11.7. The van der Waals surface area contributed by atoms with Gasteiger partial charge in [0.05, 0.1) is 11.3 Å². The van der Waals surface area contributed by atoms with Crippen molar-refractivity contribution in [1.82, 2.24) is 4.98 Å². The monoisotopic (exact) mass is 275 g/mol. The number of benzene rings is 1. The molecule has 102 valence electrons. The zero-order valence-electron chi connectivity index (χ0n) is 9.40. The van der Waals surface area contributed by atoms with Gasteiger partial charge in [0.2, 0.25) is 0 Å². The second-order valence-corrected chi connectivity index (χ2v) is 3.69. The second-order valence-electron chi connectivity index (χ2n) is 3.69. The summed E-state index contributed by atoms with van der Waals surface area (Å²) in [5, 5.41) is 13.1. The second kappa shape index (κ2) is 4.75. The Labute approximate surface area is 104 Å². The van der Waals surface area contributed by atoms with E-state index in [4.69, 9.17) is 4.42 Å². The Morgan fingerprint density at radius 1 is 1.42 bits per heavy atom. The number of oxazole rings is 1. The fourth-order valence-electron chi connectivity index (χ4n) is 1.47. The SMILES string of the molecule is O=[N+]([O-])c1cccc2oc(NCCC(F)(F)F)nc12. The molecule has 2 aromatic rings. The van der Waals surface area contributed by atoms with Crippen LogP contribution in [0.5, 0.6) is 0 Å². The van der Waals surface area contributed by atoms with Gasteiger partial charge in [-0.25, -0.2) is 0 Å². The topological polar surface area (TPSA) is 81.2 Å². The first kappa shape index (κ1) is 13.1. The van der Waals surface area contributed by atoms with Gasteiger partial charge in [-0.15, -0.1) is 0 Å². The molecule has 0 spiro atoms. The summed E-state index contributed by atoms with van der Waals surface area (Å²) in [5.41, 5.74) is -0.115. The third kappa shape index (κ3) is 3.12. The molecule has 0 saturated carbocycles. The summed E-state index contributed by atoms with van der Waals surface area (Å²) in [6, 6.07) is 3.92. The van der Waals surface area contributed by atoms with Crippen LogP contribution in [0.1, 0.15) is 6.42 Å². The standard InChI is InChI=1S/C10H8F3N3O3/c11-10(12,13)4-5-14-9-15-8-6(16(17)18)2-1-3-7(8)19-9/h1-3H,4-5H2,(H,14,15). The van der Waals surface area contributed by atoms with E-state index in [9.17, 15) is 23.3 Å². The molecule has 19 heavy (non-hydrogen) atoms. The van der Waals surface area contributed by atoms with Crippen LogP contribution in [0, 0.1) is 10.1 Å². The molecular formula is C10H8F3N3O3. The minimum absolute atomic E-state index is 0.00186. The Morgan fingerprint density at radius 3 is 2.79 bits per heavy atom. The molecule has 2 rings (SSSR count). The minimum Gasteiger partial charge on any atom is -0.423 e. The maximum Gasteiger partial charge on any atom is 0.390 e. The first-order valence-electron chi connectivity index (χ1n) is 5.21. The number of anilines is 1. The molecule has 0 fully saturated rings. The number of rotatable bonds is 4. The molecule has 0 saturated heterocycles. The van der Waals surface area contributed by atoms with E-state index in [1.165, 1.54) is 18.2 Å². The summed E-state index contributed by atoms with van der Waals surface area (Å²) in [5.74, 6) is 0. The highest BCUT2D eigenvalue weighted by molar-refractivity contribution is 5.83. The molecule has 0 radical (unpaired) electrons. The zero-order chi connectivity index (χ0) is 14.0. The van der Waals surface area contributed by atoms with Crippen LogP contribution in [0.4, 0.5) is 24.9 Å². The van der Waals surface area contributed by atoms with Gasteiger partial charge < -0.3 is 9.73 Å². The molecule has 0 aliphatic rings. The summed E-state index contributed by atoms with van der Waals surface area (Å²) in [6.45, 7) is -0.413. The number of alkyl halides is 3. The van der Waals surface area contributed by atoms with Crippen LogP contribution in [-0.2, 0) is 0 Å². The lowest BCUT2D eigenvalue weighted by Gasteiger charge is -2.05. The summed E-state index contributed by atoms with van der Waals surface area (Å²) in [7, 11) is 0. The van der Waals surface area contributed by atoms with Gasteiger partial charge in [-0.3, -0.25) is 10.1 Å². The number of non-ortho nitro benzene ring substituents is 1. The number of nitro groups is 1. The average Bonchev–Trinajstić information content (AvgIpc) is 2.68. The average molecular weight is 275 g/mol. The van der Waals surface area contributed by atoms with Gasteiger partial charge in [0.1, 0.15) is 0 Å². The number of nitro benzene ring substituents is 1. The van der Waals surface area contributed by atoms with Crippen molar-refractivity contribution < 1.29 is 22.5 Å². The largest absolute Gasteiger partial charge is 0.423 e. The molecule has 0 bridgehead atoms. The van der Waals surface area contributed by atoms with Crippen molar-refractivity contribution in [1.29, 1.82) is 0 Å². The van der Waals surface area contributed by atoms with E-state index in [-0.39, 0.29) is 22.8 Å². The minimum atomic E-state index is -4.29. The smallest absolute Gasteiger partial charge is 0.390 e. The predicted octanol–water partition coefficient (Wildman–Crippen LogP) is 3.10. The van der Waals surface area contributed by atoms with Crippen LogP contribution in [0.25, 0.3) is 11.1 Å². The number of nitrogens with zero attached hydrogens (tertiary/aromatic N) is 2. The predicted molar refractivity (Wildman–Crippen MR) is 59.8 cm³/mol. The zero-order valence-corrected chi connectivity index (χ0v) is 9.40. The first-order valence-corrected chi connectivity index (χ1v) is 5.21. The highest BCUT2D eigenvalue weighted by Gasteiger charge is 2.26. The van der Waals surface area contributed by atoms with E-state index in [1.807, 2.05) is 0 Å².